The first-order valence-corrected chi connectivity index (χ1v) is 7.71. The van der Waals surface area contributed by atoms with E-state index in [1.807, 2.05) is 42.9 Å². The molecule has 0 aliphatic rings. The Hall–Kier alpha value is -2.40. The highest BCUT2D eigenvalue weighted by molar-refractivity contribution is 6.32. The summed E-state index contributed by atoms with van der Waals surface area (Å²) >= 11 is 6.40. The van der Waals surface area contributed by atoms with Crippen LogP contribution in [0.5, 0.6) is 0 Å². The highest BCUT2D eigenvalue weighted by Crippen LogP contribution is 2.29. The number of halogens is 1. The molecule has 1 aromatic carbocycles. The minimum Gasteiger partial charge on any atom is -0.311 e. The van der Waals surface area contributed by atoms with Crippen molar-refractivity contribution in [2.75, 3.05) is 0 Å². The van der Waals surface area contributed by atoms with Gasteiger partial charge in [0.1, 0.15) is 5.82 Å². The average molecular weight is 329 g/mol. The molecular weight excluding hydrogens is 312 g/mol. The van der Waals surface area contributed by atoms with Crippen molar-refractivity contribution in [1.82, 2.24) is 19.7 Å². The van der Waals surface area contributed by atoms with Crippen LogP contribution in [0.1, 0.15) is 29.9 Å². The van der Waals surface area contributed by atoms with Gasteiger partial charge in [0.25, 0.3) is 5.56 Å². The molecule has 118 valence electrons. The number of nitrogens with one attached hydrogen (secondary N) is 1. The number of aryl methyl sites for hydroxylation is 2. The van der Waals surface area contributed by atoms with Gasteiger partial charge in [-0.1, -0.05) is 29.8 Å². The fourth-order valence-electron chi connectivity index (χ4n) is 2.54. The molecule has 6 heteroatoms. The molecule has 0 aliphatic carbocycles. The third kappa shape index (κ3) is 3.05. The minimum absolute atomic E-state index is 0.0146. The number of hydrogen-bond donors (Lipinski definition) is 1. The number of aromatic nitrogens is 4. The van der Waals surface area contributed by atoms with Crippen LogP contribution in [0.25, 0.3) is 11.3 Å². The van der Waals surface area contributed by atoms with Crippen molar-refractivity contribution in [2.24, 2.45) is 0 Å². The van der Waals surface area contributed by atoms with E-state index in [4.69, 9.17) is 11.6 Å². The lowest BCUT2D eigenvalue weighted by atomic mass is 10.1. The Kier molecular flexibility index (Phi) is 4.05. The molecule has 0 aliphatic heterocycles. The van der Waals surface area contributed by atoms with Crippen LogP contribution in [0.2, 0.25) is 5.02 Å². The van der Waals surface area contributed by atoms with E-state index in [1.165, 1.54) is 6.07 Å². The Morgan fingerprint density at radius 3 is 2.83 bits per heavy atom. The Morgan fingerprint density at radius 2 is 2.09 bits per heavy atom. The number of benzene rings is 1. The van der Waals surface area contributed by atoms with Crippen LogP contribution in [0.3, 0.4) is 0 Å². The maximum Gasteiger partial charge on any atom is 0.251 e. The molecule has 0 fully saturated rings. The SMILES string of the molecule is Cc1nc(-c2cnn([C@@H](C)c3cccc(C)c3Cl)c2)cc(=O)[nH]1. The number of H-pyrrole nitrogens is 1. The minimum atomic E-state index is -0.171. The third-order valence-corrected chi connectivity index (χ3v) is 4.34. The molecule has 0 saturated heterocycles. The zero-order chi connectivity index (χ0) is 16.6. The zero-order valence-electron chi connectivity index (χ0n) is 13.2. The molecule has 3 aromatic rings. The Balaban J connectivity index is 1.98. The second kappa shape index (κ2) is 6.01. The summed E-state index contributed by atoms with van der Waals surface area (Å²) in [6, 6.07) is 7.42. The van der Waals surface area contributed by atoms with Crippen LogP contribution < -0.4 is 5.56 Å². The first kappa shape index (κ1) is 15.5. The van der Waals surface area contributed by atoms with Gasteiger partial charge in [-0.2, -0.15) is 5.10 Å². The molecule has 1 atom stereocenters. The standard InChI is InChI=1S/C17H17ClN4O/c1-10-5-4-6-14(17(10)18)11(2)22-9-13(8-19-22)15-7-16(23)21-12(3)20-15/h4-9,11H,1-3H3,(H,20,21,23)/t11-/m0/s1. The van der Waals surface area contributed by atoms with Crippen molar-refractivity contribution in [3.05, 3.63) is 69.0 Å². The smallest absolute Gasteiger partial charge is 0.251 e. The largest absolute Gasteiger partial charge is 0.311 e. The van der Waals surface area contributed by atoms with E-state index in [1.54, 1.807) is 13.1 Å². The fourth-order valence-corrected chi connectivity index (χ4v) is 2.83. The summed E-state index contributed by atoms with van der Waals surface area (Å²) < 4.78 is 1.83. The van der Waals surface area contributed by atoms with Gasteiger partial charge in [-0.25, -0.2) is 4.98 Å². The van der Waals surface area contributed by atoms with Gasteiger partial charge in [0.15, 0.2) is 0 Å². The van der Waals surface area contributed by atoms with Gasteiger partial charge in [-0.05, 0) is 31.9 Å². The molecule has 2 heterocycles. The lowest BCUT2D eigenvalue weighted by Gasteiger charge is -2.15. The summed E-state index contributed by atoms with van der Waals surface area (Å²) in [7, 11) is 0. The molecular formula is C17H17ClN4O. The lowest BCUT2D eigenvalue weighted by Crippen LogP contribution is -2.09. The molecule has 0 saturated carbocycles. The van der Waals surface area contributed by atoms with Crippen LogP contribution in [0, 0.1) is 13.8 Å². The molecule has 0 unspecified atom stereocenters. The topological polar surface area (TPSA) is 63.6 Å². The Labute approximate surface area is 139 Å². The van der Waals surface area contributed by atoms with Gasteiger partial charge in [0.05, 0.1) is 17.9 Å². The van der Waals surface area contributed by atoms with Crippen molar-refractivity contribution in [3.8, 4) is 11.3 Å². The number of rotatable bonds is 3. The van der Waals surface area contributed by atoms with Crippen molar-refractivity contribution in [2.45, 2.75) is 26.8 Å². The van der Waals surface area contributed by atoms with Crippen molar-refractivity contribution in [1.29, 1.82) is 0 Å². The monoisotopic (exact) mass is 328 g/mol. The van der Waals surface area contributed by atoms with E-state index in [0.717, 1.165) is 21.7 Å². The predicted octanol–water partition coefficient (Wildman–Crippen LogP) is 3.51. The van der Waals surface area contributed by atoms with Gasteiger partial charge in [0.2, 0.25) is 0 Å². The van der Waals surface area contributed by atoms with Crippen LogP contribution >= 0.6 is 11.6 Å². The maximum atomic E-state index is 11.6. The van der Waals surface area contributed by atoms with Gasteiger partial charge in [0, 0.05) is 22.8 Å². The van der Waals surface area contributed by atoms with E-state index < -0.39 is 0 Å². The second-order valence-corrected chi connectivity index (χ2v) is 5.96. The Morgan fingerprint density at radius 1 is 1.30 bits per heavy atom. The van der Waals surface area contributed by atoms with Crippen LogP contribution in [-0.4, -0.2) is 19.7 Å². The normalized spacial score (nSPS) is 12.3. The lowest BCUT2D eigenvalue weighted by molar-refractivity contribution is 0.564. The molecule has 5 nitrogen and oxygen atoms in total. The number of aromatic amines is 1. The summed E-state index contributed by atoms with van der Waals surface area (Å²) in [5, 5.41) is 5.16. The quantitative estimate of drug-likeness (QED) is 0.800. The van der Waals surface area contributed by atoms with E-state index in [0.29, 0.717) is 11.5 Å². The van der Waals surface area contributed by atoms with Crippen LogP contribution in [0.4, 0.5) is 0 Å². The summed E-state index contributed by atoms with van der Waals surface area (Å²) in [4.78, 5) is 18.6. The predicted molar refractivity (Wildman–Crippen MR) is 90.8 cm³/mol. The molecule has 23 heavy (non-hydrogen) atoms. The van der Waals surface area contributed by atoms with E-state index >= 15 is 0 Å². The molecule has 0 amide bonds. The average Bonchev–Trinajstić information content (AvgIpc) is 2.98. The van der Waals surface area contributed by atoms with Crippen molar-refractivity contribution in [3.63, 3.8) is 0 Å². The zero-order valence-corrected chi connectivity index (χ0v) is 13.9. The molecule has 3 rings (SSSR count). The number of hydrogen-bond acceptors (Lipinski definition) is 3. The van der Waals surface area contributed by atoms with Gasteiger partial charge < -0.3 is 4.98 Å². The second-order valence-electron chi connectivity index (χ2n) is 5.58. The van der Waals surface area contributed by atoms with Crippen molar-refractivity contribution < 1.29 is 0 Å². The first-order chi connectivity index (χ1) is 11.0. The van der Waals surface area contributed by atoms with E-state index in [2.05, 4.69) is 15.1 Å². The first-order valence-electron chi connectivity index (χ1n) is 7.33. The molecule has 2 aromatic heterocycles. The van der Waals surface area contributed by atoms with Gasteiger partial charge in [-0.15, -0.1) is 0 Å². The molecule has 1 N–H and O–H groups in total. The third-order valence-electron chi connectivity index (χ3n) is 3.83. The van der Waals surface area contributed by atoms with Gasteiger partial charge in [-0.3, -0.25) is 9.48 Å². The highest BCUT2D eigenvalue weighted by atomic mass is 35.5. The van der Waals surface area contributed by atoms with E-state index in [9.17, 15) is 4.79 Å². The molecule has 0 bridgehead atoms. The molecule has 0 radical (unpaired) electrons. The van der Waals surface area contributed by atoms with Crippen molar-refractivity contribution >= 4 is 11.6 Å². The van der Waals surface area contributed by atoms with Gasteiger partial charge >= 0.3 is 0 Å². The Bertz CT molecular complexity index is 913. The molecule has 0 spiro atoms. The summed E-state index contributed by atoms with van der Waals surface area (Å²) in [5.74, 6) is 0.579. The summed E-state index contributed by atoms with van der Waals surface area (Å²) in [5.41, 5.74) is 3.29. The highest BCUT2D eigenvalue weighted by Gasteiger charge is 2.15. The fraction of sp³-hybridized carbons (Fsp3) is 0.235. The van der Waals surface area contributed by atoms with E-state index in [-0.39, 0.29) is 11.6 Å². The van der Waals surface area contributed by atoms with Crippen LogP contribution in [0.15, 0.2) is 41.5 Å². The summed E-state index contributed by atoms with van der Waals surface area (Å²) in [6.07, 6.45) is 3.59. The summed E-state index contributed by atoms with van der Waals surface area (Å²) in [6.45, 7) is 5.77. The number of nitrogens with zero attached hydrogens (tertiary/aromatic N) is 3. The van der Waals surface area contributed by atoms with Crippen LogP contribution in [-0.2, 0) is 0 Å². The maximum absolute atomic E-state index is 11.6.